The highest BCUT2D eigenvalue weighted by Crippen LogP contribution is 2.40. The van der Waals surface area contributed by atoms with Gasteiger partial charge in [-0.25, -0.2) is 0 Å². The number of carboxylic acids is 1. The summed E-state index contributed by atoms with van der Waals surface area (Å²) in [6.45, 7) is 0. The lowest BCUT2D eigenvalue weighted by Crippen LogP contribution is -2.39. The van der Waals surface area contributed by atoms with E-state index in [1.807, 2.05) is 0 Å². The van der Waals surface area contributed by atoms with Crippen LogP contribution in [-0.4, -0.2) is 16.9 Å². The van der Waals surface area contributed by atoms with E-state index in [2.05, 4.69) is 15.9 Å². The molecule has 1 aliphatic rings. The van der Waals surface area contributed by atoms with Crippen LogP contribution in [0.2, 0.25) is 0 Å². The smallest absolute Gasteiger partial charge is 0.317 e. The van der Waals surface area contributed by atoms with Crippen molar-refractivity contribution in [2.45, 2.75) is 31.1 Å². The SMILES string of the molecule is O=C1CCC(C(=O)O)(c2ccc(Br)o2)CC1. The van der Waals surface area contributed by atoms with Gasteiger partial charge in [0.05, 0.1) is 0 Å². The molecule has 1 aliphatic carbocycles. The van der Waals surface area contributed by atoms with Crippen LogP contribution in [0.5, 0.6) is 0 Å². The van der Waals surface area contributed by atoms with E-state index in [0.29, 0.717) is 36.1 Å². The van der Waals surface area contributed by atoms with Crippen molar-refractivity contribution in [3.05, 3.63) is 22.6 Å². The maximum absolute atomic E-state index is 11.4. The van der Waals surface area contributed by atoms with Crippen LogP contribution in [0.25, 0.3) is 0 Å². The van der Waals surface area contributed by atoms with Gasteiger partial charge >= 0.3 is 5.97 Å². The lowest BCUT2D eigenvalue weighted by atomic mass is 9.72. The Hall–Kier alpha value is -1.10. The second-order valence-electron chi connectivity index (χ2n) is 4.03. The second kappa shape index (κ2) is 4.05. The van der Waals surface area contributed by atoms with Crippen molar-refractivity contribution in [3.63, 3.8) is 0 Å². The van der Waals surface area contributed by atoms with Crippen LogP contribution < -0.4 is 0 Å². The van der Waals surface area contributed by atoms with Crippen LogP contribution >= 0.6 is 15.9 Å². The van der Waals surface area contributed by atoms with Crippen molar-refractivity contribution in [2.24, 2.45) is 0 Å². The fourth-order valence-corrected chi connectivity index (χ4v) is 2.40. The van der Waals surface area contributed by atoms with Gasteiger partial charge in [-0.1, -0.05) is 0 Å². The number of carbonyl (C=O) groups excluding carboxylic acids is 1. The highest BCUT2D eigenvalue weighted by Gasteiger charge is 2.45. The third kappa shape index (κ3) is 1.80. The minimum absolute atomic E-state index is 0.127. The number of hydrogen-bond donors (Lipinski definition) is 1. The van der Waals surface area contributed by atoms with Crippen molar-refractivity contribution < 1.29 is 19.1 Å². The molecule has 0 spiro atoms. The molecule has 16 heavy (non-hydrogen) atoms. The first-order valence-electron chi connectivity index (χ1n) is 5.05. The van der Waals surface area contributed by atoms with Gasteiger partial charge in [0.15, 0.2) is 4.67 Å². The zero-order chi connectivity index (χ0) is 11.8. The molecule has 0 unspecified atom stereocenters. The molecule has 2 rings (SSSR count). The first-order chi connectivity index (χ1) is 7.54. The number of aliphatic carboxylic acids is 1. The first-order valence-corrected chi connectivity index (χ1v) is 5.85. The number of Topliss-reactive ketones (excluding diaryl/α,β-unsaturated/α-hetero) is 1. The Morgan fingerprint density at radius 2 is 2.00 bits per heavy atom. The quantitative estimate of drug-likeness (QED) is 0.907. The zero-order valence-electron chi connectivity index (χ0n) is 8.53. The molecular weight excluding hydrogens is 276 g/mol. The molecule has 1 N–H and O–H groups in total. The fraction of sp³-hybridized carbons (Fsp3) is 0.455. The van der Waals surface area contributed by atoms with Crippen molar-refractivity contribution in [2.75, 3.05) is 0 Å². The summed E-state index contributed by atoms with van der Waals surface area (Å²) >= 11 is 3.16. The molecule has 1 fully saturated rings. The van der Waals surface area contributed by atoms with Crippen molar-refractivity contribution >= 4 is 27.7 Å². The summed E-state index contributed by atoms with van der Waals surface area (Å²) in [6, 6.07) is 3.34. The van der Waals surface area contributed by atoms with Gasteiger partial charge in [0.2, 0.25) is 0 Å². The van der Waals surface area contributed by atoms with E-state index >= 15 is 0 Å². The van der Waals surface area contributed by atoms with E-state index in [1.165, 1.54) is 0 Å². The largest absolute Gasteiger partial charge is 0.480 e. The number of carbonyl (C=O) groups is 2. The zero-order valence-corrected chi connectivity index (χ0v) is 10.1. The van der Waals surface area contributed by atoms with E-state index < -0.39 is 11.4 Å². The Kier molecular flexibility index (Phi) is 2.88. The minimum Gasteiger partial charge on any atom is -0.480 e. The van der Waals surface area contributed by atoms with Crippen molar-refractivity contribution in [1.82, 2.24) is 0 Å². The lowest BCUT2D eigenvalue weighted by Gasteiger charge is -2.30. The maximum Gasteiger partial charge on any atom is 0.317 e. The maximum atomic E-state index is 11.4. The normalized spacial score (nSPS) is 19.7. The highest BCUT2D eigenvalue weighted by molar-refractivity contribution is 9.10. The Morgan fingerprint density at radius 1 is 1.38 bits per heavy atom. The van der Waals surface area contributed by atoms with Gasteiger partial charge < -0.3 is 9.52 Å². The van der Waals surface area contributed by atoms with E-state index in [-0.39, 0.29) is 5.78 Å². The van der Waals surface area contributed by atoms with Crippen LogP contribution in [0.15, 0.2) is 21.2 Å². The Balaban J connectivity index is 2.36. The lowest BCUT2D eigenvalue weighted by molar-refractivity contribution is -0.146. The third-order valence-electron chi connectivity index (χ3n) is 3.12. The number of hydrogen-bond acceptors (Lipinski definition) is 3. The molecule has 0 bridgehead atoms. The van der Waals surface area contributed by atoms with Crippen LogP contribution in [0, 0.1) is 0 Å². The van der Waals surface area contributed by atoms with Crippen LogP contribution in [0.4, 0.5) is 0 Å². The molecule has 1 aromatic heterocycles. The van der Waals surface area contributed by atoms with Gasteiger partial charge in [-0.2, -0.15) is 0 Å². The summed E-state index contributed by atoms with van der Waals surface area (Å²) in [6.07, 6.45) is 1.26. The van der Waals surface area contributed by atoms with Gasteiger partial charge in [-0.05, 0) is 40.9 Å². The monoisotopic (exact) mass is 286 g/mol. The predicted molar refractivity (Wildman–Crippen MR) is 59.2 cm³/mol. The second-order valence-corrected chi connectivity index (χ2v) is 4.81. The molecule has 0 saturated heterocycles. The van der Waals surface area contributed by atoms with E-state index in [1.54, 1.807) is 12.1 Å². The van der Waals surface area contributed by atoms with Crippen LogP contribution in [-0.2, 0) is 15.0 Å². The molecule has 0 atom stereocenters. The van der Waals surface area contributed by atoms with Crippen molar-refractivity contribution in [3.8, 4) is 0 Å². The first kappa shape index (κ1) is 11.4. The van der Waals surface area contributed by atoms with E-state index in [9.17, 15) is 14.7 Å². The van der Waals surface area contributed by atoms with Crippen molar-refractivity contribution in [1.29, 1.82) is 0 Å². The summed E-state index contributed by atoms with van der Waals surface area (Å²) in [4.78, 5) is 22.6. The Bertz CT molecular complexity index is 425. The number of halogens is 1. The van der Waals surface area contributed by atoms with Gasteiger partial charge in [0.25, 0.3) is 0 Å². The summed E-state index contributed by atoms with van der Waals surface area (Å²) in [5.41, 5.74) is -1.03. The molecule has 5 heteroatoms. The standard InChI is InChI=1S/C11H11BrO4/c12-9-2-1-8(16-9)11(10(14)15)5-3-7(13)4-6-11/h1-2H,3-6H2,(H,14,15). The van der Waals surface area contributed by atoms with Gasteiger partial charge in [-0.3, -0.25) is 9.59 Å². The molecule has 0 radical (unpaired) electrons. The summed E-state index contributed by atoms with van der Waals surface area (Å²) in [5.74, 6) is -0.358. The van der Waals surface area contributed by atoms with Gasteiger partial charge in [-0.15, -0.1) is 0 Å². The molecule has 86 valence electrons. The molecule has 0 aliphatic heterocycles. The van der Waals surface area contributed by atoms with Crippen LogP contribution in [0.1, 0.15) is 31.4 Å². The molecular formula is C11H11BrO4. The molecule has 0 aromatic carbocycles. The van der Waals surface area contributed by atoms with E-state index in [0.717, 1.165) is 0 Å². The van der Waals surface area contributed by atoms with E-state index in [4.69, 9.17) is 4.42 Å². The Morgan fingerprint density at radius 3 is 2.44 bits per heavy atom. The number of ketones is 1. The average Bonchev–Trinajstić information content (AvgIpc) is 2.66. The predicted octanol–water partition coefficient (Wildman–Crippen LogP) is 2.51. The summed E-state index contributed by atoms with van der Waals surface area (Å²) in [5, 5.41) is 9.35. The number of furan rings is 1. The fourth-order valence-electron chi connectivity index (χ4n) is 2.09. The number of rotatable bonds is 2. The third-order valence-corrected chi connectivity index (χ3v) is 3.54. The van der Waals surface area contributed by atoms with Crippen LogP contribution in [0.3, 0.4) is 0 Å². The van der Waals surface area contributed by atoms with Gasteiger partial charge in [0, 0.05) is 12.8 Å². The Labute approximate surface area is 101 Å². The summed E-state index contributed by atoms with van der Waals surface area (Å²) in [7, 11) is 0. The minimum atomic E-state index is -1.03. The number of carboxylic acid groups (broad SMARTS) is 1. The molecule has 4 nitrogen and oxygen atoms in total. The van der Waals surface area contributed by atoms with Gasteiger partial charge in [0.1, 0.15) is 17.0 Å². The molecule has 0 amide bonds. The topological polar surface area (TPSA) is 67.5 Å². The summed E-state index contributed by atoms with van der Waals surface area (Å²) < 4.78 is 5.86. The highest BCUT2D eigenvalue weighted by atomic mass is 79.9. The molecule has 1 heterocycles. The molecule has 1 saturated carbocycles. The molecule has 1 aromatic rings. The average molecular weight is 287 g/mol.